The van der Waals surface area contributed by atoms with Gasteiger partial charge in [0.25, 0.3) is 0 Å². The second kappa shape index (κ2) is 10.3. The van der Waals surface area contributed by atoms with Crippen molar-refractivity contribution in [1.82, 2.24) is 39.5 Å². The number of hydrogen-bond donors (Lipinski definition) is 2. The summed E-state index contributed by atoms with van der Waals surface area (Å²) in [5.74, 6) is 1.82. The maximum Gasteiger partial charge on any atom is 0.246 e. The lowest BCUT2D eigenvalue weighted by atomic mass is 10.0. The molecule has 5 heterocycles. The number of aryl methyl sites for hydroxylation is 1. The molecule has 0 spiro atoms. The van der Waals surface area contributed by atoms with Crippen LogP contribution in [0.25, 0.3) is 34.1 Å². The zero-order valence-corrected chi connectivity index (χ0v) is 22.6. The zero-order valence-electron chi connectivity index (χ0n) is 22.6. The molecule has 1 aromatic carbocycles. The average molecular weight is 546 g/mol. The number of rotatable bonds is 6. The maximum absolute atomic E-state index is 12.2. The number of nitrogens with one attached hydrogen (secondary N) is 1. The van der Waals surface area contributed by atoms with E-state index in [-0.39, 0.29) is 18.0 Å². The molecule has 0 saturated carbocycles. The van der Waals surface area contributed by atoms with Gasteiger partial charge in [-0.2, -0.15) is 5.10 Å². The molecular formula is C31H31N9O. The van der Waals surface area contributed by atoms with Crippen molar-refractivity contribution >= 4 is 22.9 Å². The second-order valence-corrected chi connectivity index (χ2v) is 10.6. The van der Waals surface area contributed by atoms with Gasteiger partial charge in [0.2, 0.25) is 5.91 Å². The quantitative estimate of drug-likeness (QED) is 0.310. The fourth-order valence-electron chi connectivity index (χ4n) is 6.15. The monoisotopic (exact) mass is 545 g/mol. The number of anilines is 1. The molecule has 3 N–H and O–H groups in total. The number of nitrogens with two attached hydrogens (primary N) is 1. The molecule has 5 aromatic rings. The van der Waals surface area contributed by atoms with Crippen LogP contribution in [0.4, 0.5) is 5.82 Å². The second-order valence-electron chi connectivity index (χ2n) is 10.6. The van der Waals surface area contributed by atoms with Gasteiger partial charge in [0.1, 0.15) is 11.3 Å². The van der Waals surface area contributed by atoms with Crippen LogP contribution in [-0.4, -0.2) is 59.2 Å². The van der Waals surface area contributed by atoms with E-state index in [1.54, 1.807) is 17.1 Å². The number of nitrogens with zero attached hydrogens (tertiary/aromatic N) is 7. The van der Waals surface area contributed by atoms with E-state index in [0.29, 0.717) is 17.5 Å². The first-order chi connectivity index (χ1) is 20.1. The first kappa shape index (κ1) is 25.2. The summed E-state index contributed by atoms with van der Waals surface area (Å²) >= 11 is 0. The molecule has 41 heavy (non-hydrogen) atoms. The van der Waals surface area contributed by atoms with Crippen LogP contribution >= 0.6 is 0 Å². The smallest absolute Gasteiger partial charge is 0.246 e. The van der Waals surface area contributed by atoms with E-state index >= 15 is 0 Å². The van der Waals surface area contributed by atoms with Crippen LogP contribution in [0.3, 0.4) is 0 Å². The van der Waals surface area contributed by atoms with Gasteiger partial charge in [-0.25, -0.2) is 19.6 Å². The third-order valence-corrected chi connectivity index (χ3v) is 8.12. The highest BCUT2D eigenvalue weighted by Crippen LogP contribution is 2.36. The van der Waals surface area contributed by atoms with Crippen LogP contribution in [0.2, 0.25) is 0 Å². The summed E-state index contributed by atoms with van der Waals surface area (Å²) in [5.41, 5.74) is 12.1. The van der Waals surface area contributed by atoms with E-state index in [9.17, 15) is 4.79 Å². The summed E-state index contributed by atoms with van der Waals surface area (Å²) < 4.78 is 3.81. The van der Waals surface area contributed by atoms with Gasteiger partial charge < -0.3 is 16.0 Å². The Morgan fingerprint density at radius 1 is 1.10 bits per heavy atom. The zero-order chi connectivity index (χ0) is 27.9. The molecule has 7 rings (SSSR count). The molecule has 1 aliphatic heterocycles. The molecular weight excluding hydrogens is 514 g/mol. The Morgan fingerprint density at radius 3 is 2.85 bits per heavy atom. The lowest BCUT2D eigenvalue weighted by molar-refractivity contribution is -0.127. The Hall–Kier alpha value is -4.83. The molecule has 206 valence electrons. The minimum absolute atomic E-state index is 0.00917. The van der Waals surface area contributed by atoms with Crippen LogP contribution in [0, 0.1) is 0 Å². The van der Waals surface area contributed by atoms with Crippen molar-refractivity contribution < 1.29 is 4.79 Å². The number of aromatic nitrogens is 6. The number of benzene rings is 1. The van der Waals surface area contributed by atoms with Gasteiger partial charge in [0.15, 0.2) is 17.3 Å². The van der Waals surface area contributed by atoms with E-state index in [0.717, 1.165) is 61.2 Å². The Labute approximate surface area is 237 Å². The highest BCUT2D eigenvalue weighted by molar-refractivity contribution is 5.87. The molecule has 1 saturated heterocycles. The Kier molecular flexibility index (Phi) is 6.31. The number of fused-ring (bicyclic) bond motifs is 2. The Bertz CT molecular complexity index is 1760. The van der Waals surface area contributed by atoms with E-state index in [1.165, 1.54) is 17.2 Å². The molecule has 10 nitrogen and oxygen atoms in total. The largest absolute Gasteiger partial charge is 0.383 e. The van der Waals surface area contributed by atoms with Crippen LogP contribution in [0.15, 0.2) is 79.8 Å². The molecule has 1 unspecified atom stereocenters. The van der Waals surface area contributed by atoms with Crippen molar-refractivity contribution in [2.24, 2.45) is 0 Å². The molecule has 4 aromatic heterocycles. The number of carbonyl (C=O) groups excluding carboxylic acids is 1. The lowest BCUT2D eigenvalue weighted by Crippen LogP contribution is -2.48. The molecule has 2 atom stereocenters. The molecule has 10 heteroatoms. The fourth-order valence-corrected chi connectivity index (χ4v) is 6.15. The lowest BCUT2D eigenvalue weighted by Gasteiger charge is -2.34. The van der Waals surface area contributed by atoms with Crippen molar-refractivity contribution in [2.45, 2.75) is 37.8 Å². The van der Waals surface area contributed by atoms with Crippen LogP contribution < -0.4 is 11.1 Å². The summed E-state index contributed by atoms with van der Waals surface area (Å²) in [5, 5.41) is 8.20. The van der Waals surface area contributed by atoms with E-state index in [1.807, 2.05) is 41.4 Å². The average Bonchev–Trinajstić information content (AvgIpc) is 3.76. The number of hydrogen-bond acceptors (Lipinski definition) is 7. The third kappa shape index (κ3) is 4.55. The van der Waals surface area contributed by atoms with Crippen molar-refractivity contribution in [3.63, 3.8) is 0 Å². The number of imidazole rings is 1. The van der Waals surface area contributed by atoms with Crippen LogP contribution in [-0.2, 0) is 11.2 Å². The molecule has 1 amide bonds. The van der Waals surface area contributed by atoms with Gasteiger partial charge in [-0.1, -0.05) is 12.6 Å². The van der Waals surface area contributed by atoms with Gasteiger partial charge in [-0.3, -0.25) is 9.36 Å². The van der Waals surface area contributed by atoms with Gasteiger partial charge in [0, 0.05) is 49.5 Å². The highest BCUT2D eigenvalue weighted by atomic mass is 16.2. The summed E-state index contributed by atoms with van der Waals surface area (Å²) in [7, 11) is 0. The number of nitrogen functional groups attached to an aromatic ring is 1. The van der Waals surface area contributed by atoms with Crippen molar-refractivity contribution in [1.29, 1.82) is 0 Å². The van der Waals surface area contributed by atoms with Gasteiger partial charge in [-0.15, -0.1) is 0 Å². The minimum Gasteiger partial charge on any atom is -0.383 e. The van der Waals surface area contributed by atoms with Gasteiger partial charge in [-0.05, 0) is 85.4 Å². The van der Waals surface area contributed by atoms with Gasteiger partial charge in [0.05, 0.1) is 5.56 Å². The summed E-state index contributed by atoms with van der Waals surface area (Å²) in [6, 6.07) is 16.7. The number of piperidine rings is 1. The van der Waals surface area contributed by atoms with Crippen LogP contribution in [0.5, 0.6) is 0 Å². The van der Waals surface area contributed by atoms with E-state index in [2.05, 4.69) is 44.7 Å². The summed E-state index contributed by atoms with van der Waals surface area (Å²) in [6.07, 6.45) is 10.7. The third-order valence-electron chi connectivity index (χ3n) is 8.12. The maximum atomic E-state index is 12.2. The van der Waals surface area contributed by atoms with E-state index in [4.69, 9.17) is 15.7 Å². The number of amides is 1. The fraction of sp³-hybridized carbons (Fsp3) is 0.258. The van der Waals surface area contributed by atoms with E-state index < -0.39 is 0 Å². The van der Waals surface area contributed by atoms with Gasteiger partial charge >= 0.3 is 0 Å². The summed E-state index contributed by atoms with van der Waals surface area (Å²) in [6.45, 7) is 5.17. The molecule has 2 aliphatic rings. The highest BCUT2D eigenvalue weighted by Gasteiger charge is 2.29. The first-order valence-corrected chi connectivity index (χ1v) is 14.0. The Balaban J connectivity index is 1.26. The first-order valence-electron chi connectivity index (χ1n) is 14.0. The minimum atomic E-state index is 0.00917. The SMILES string of the molecule is C=CC(=O)N1CCCC(N[C@H]2CCc3cc(-n4c(-c5cccnc5N)nc5ccc(-n6cccn6)nc54)ccc32)C1. The molecule has 0 bridgehead atoms. The van der Waals surface area contributed by atoms with Crippen molar-refractivity contribution in [3.05, 3.63) is 90.9 Å². The molecule has 1 fully saturated rings. The Morgan fingerprint density at radius 2 is 2.02 bits per heavy atom. The molecule has 0 radical (unpaired) electrons. The van der Waals surface area contributed by atoms with Crippen LogP contribution in [0.1, 0.15) is 36.4 Å². The topological polar surface area (TPSA) is 120 Å². The number of carbonyl (C=O) groups is 1. The van der Waals surface area contributed by atoms with Crippen molar-refractivity contribution in [2.75, 3.05) is 18.8 Å². The predicted molar refractivity (Wildman–Crippen MR) is 158 cm³/mol. The number of likely N-dealkylation sites (tertiary alicyclic amines) is 1. The van der Waals surface area contributed by atoms with Crippen molar-refractivity contribution in [3.8, 4) is 22.9 Å². The normalized spacial score (nSPS) is 18.5. The summed E-state index contributed by atoms with van der Waals surface area (Å²) in [4.78, 5) is 28.3. The number of pyridine rings is 2. The molecule has 1 aliphatic carbocycles. The predicted octanol–water partition coefficient (Wildman–Crippen LogP) is 4.00. The standard InChI is InChI=1S/C31H31N9O/c1-2-28(41)38-16-4-6-21(19-38)35-25-11-8-20-18-22(9-10-23(20)25)40-30(24-7-3-14-33-29(24)32)36-26-12-13-27(37-31(26)40)39-17-5-15-34-39/h2-3,5,7,9-10,12-15,17-18,21,25,35H,1,4,6,8,11,16,19H2,(H2,32,33)/t21?,25-/m0/s1.